The van der Waals surface area contributed by atoms with Gasteiger partial charge in [-0.05, 0) is 25.0 Å². The number of nitrogens with zero attached hydrogens (tertiary/aromatic N) is 1. The molecule has 0 bridgehead atoms. The van der Waals surface area contributed by atoms with Crippen LogP contribution >= 0.6 is 0 Å². The molecule has 1 aromatic rings. The minimum Gasteiger partial charge on any atom is -0.433 e. The molecule has 1 fully saturated rings. The number of anilines is 1. The molecule has 0 unspecified atom stereocenters. The maximum Gasteiger partial charge on any atom is 0.387 e. The van der Waals surface area contributed by atoms with E-state index in [0.29, 0.717) is 0 Å². The predicted octanol–water partition coefficient (Wildman–Crippen LogP) is 2.70. The Morgan fingerprint density at radius 1 is 1.27 bits per heavy atom. The average Bonchev–Trinajstić information content (AvgIpc) is 2.70. The number of para-hydroxylation sites is 2. The molecule has 0 atom stereocenters. The van der Waals surface area contributed by atoms with E-state index in [2.05, 4.69) is 11.2 Å². The second-order valence-electron chi connectivity index (χ2n) is 3.37. The van der Waals surface area contributed by atoms with Crippen LogP contribution in [0.3, 0.4) is 0 Å². The van der Waals surface area contributed by atoms with E-state index in [1.54, 1.807) is 18.2 Å². The first-order valence-corrected chi connectivity index (χ1v) is 4.88. The minimum absolute atomic E-state index is 0.253. The topological polar surface area (TPSA) is 12.5 Å². The molecule has 0 spiro atoms. The van der Waals surface area contributed by atoms with Gasteiger partial charge in [-0.15, -0.1) is 0 Å². The molecule has 2 rings (SSSR count). The van der Waals surface area contributed by atoms with E-state index >= 15 is 0 Å². The van der Waals surface area contributed by atoms with Gasteiger partial charge in [0.05, 0.1) is 5.69 Å². The molecule has 1 radical (unpaired) electrons. The Balaban J connectivity index is 2.20. The molecule has 2 nitrogen and oxygen atoms in total. The van der Waals surface area contributed by atoms with Crippen molar-refractivity contribution in [3.8, 4) is 5.75 Å². The van der Waals surface area contributed by atoms with Gasteiger partial charge >= 0.3 is 6.61 Å². The summed E-state index contributed by atoms with van der Waals surface area (Å²) in [7, 11) is 0. The molecule has 0 aliphatic carbocycles. The van der Waals surface area contributed by atoms with Crippen LogP contribution in [0.2, 0.25) is 0 Å². The van der Waals surface area contributed by atoms with Crippen molar-refractivity contribution < 1.29 is 13.5 Å². The Labute approximate surface area is 87.5 Å². The Morgan fingerprint density at radius 3 is 2.73 bits per heavy atom. The van der Waals surface area contributed by atoms with E-state index in [-0.39, 0.29) is 5.75 Å². The lowest BCUT2D eigenvalue weighted by Crippen LogP contribution is -2.19. The molecule has 1 aliphatic heterocycles. The summed E-state index contributed by atoms with van der Waals surface area (Å²) < 4.78 is 28.7. The van der Waals surface area contributed by atoms with Crippen molar-refractivity contribution in [2.75, 3.05) is 18.0 Å². The van der Waals surface area contributed by atoms with Crippen LogP contribution in [0, 0.1) is 6.42 Å². The molecule has 0 N–H and O–H groups in total. The Kier molecular flexibility index (Phi) is 3.04. The van der Waals surface area contributed by atoms with Crippen LogP contribution in [0.1, 0.15) is 6.42 Å². The van der Waals surface area contributed by atoms with Crippen LogP contribution < -0.4 is 9.64 Å². The first-order chi connectivity index (χ1) is 7.27. The maximum absolute atomic E-state index is 12.1. The lowest BCUT2D eigenvalue weighted by molar-refractivity contribution is -0.0494. The first kappa shape index (κ1) is 10.2. The maximum atomic E-state index is 12.1. The number of halogens is 2. The van der Waals surface area contributed by atoms with Crippen LogP contribution in [0.4, 0.5) is 14.5 Å². The molecule has 81 valence electrons. The molecule has 0 aromatic heterocycles. The van der Waals surface area contributed by atoms with E-state index in [1.165, 1.54) is 0 Å². The van der Waals surface area contributed by atoms with Gasteiger partial charge in [0.1, 0.15) is 5.75 Å². The summed E-state index contributed by atoms with van der Waals surface area (Å²) >= 11 is 0. The Hall–Kier alpha value is -1.32. The van der Waals surface area contributed by atoms with E-state index < -0.39 is 6.61 Å². The van der Waals surface area contributed by atoms with Crippen molar-refractivity contribution in [1.29, 1.82) is 0 Å². The average molecular weight is 212 g/mol. The molecule has 0 saturated carbocycles. The van der Waals surface area contributed by atoms with Gasteiger partial charge in [0.15, 0.2) is 0 Å². The van der Waals surface area contributed by atoms with Gasteiger partial charge in [-0.1, -0.05) is 12.1 Å². The minimum atomic E-state index is -2.77. The van der Waals surface area contributed by atoms with Crippen molar-refractivity contribution >= 4 is 5.69 Å². The highest BCUT2D eigenvalue weighted by atomic mass is 19.3. The third-order valence-corrected chi connectivity index (χ3v) is 2.37. The van der Waals surface area contributed by atoms with Crippen LogP contribution in [-0.2, 0) is 0 Å². The van der Waals surface area contributed by atoms with E-state index in [0.717, 1.165) is 25.2 Å². The fraction of sp³-hybridized carbons (Fsp3) is 0.364. The van der Waals surface area contributed by atoms with Crippen LogP contribution in [0.15, 0.2) is 24.3 Å². The summed E-state index contributed by atoms with van der Waals surface area (Å²) in [5.41, 5.74) is 0.742. The van der Waals surface area contributed by atoms with Crippen molar-refractivity contribution in [3.63, 3.8) is 0 Å². The van der Waals surface area contributed by atoms with Gasteiger partial charge in [-0.25, -0.2) is 0 Å². The first-order valence-electron chi connectivity index (χ1n) is 4.88. The summed E-state index contributed by atoms with van der Waals surface area (Å²) in [4.78, 5) is 2.03. The van der Waals surface area contributed by atoms with Crippen molar-refractivity contribution in [3.05, 3.63) is 30.7 Å². The van der Waals surface area contributed by atoms with Gasteiger partial charge in [-0.3, -0.25) is 0 Å². The number of benzene rings is 1. The fourth-order valence-electron chi connectivity index (χ4n) is 1.72. The SMILES string of the molecule is FC(F)Oc1ccccc1N1C[CH]CC1. The van der Waals surface area contributed by atoms with Gasteiger partial charge in [0.2, 0.25) is 0 Å². The molecule has 1 aromatic carbocycles. The summed E-state index contributed by atoms with van der Waals surface area (Å²) in [6.45, 7) is -1.11. The van der Waals surface area contributed by atoms with E-state index in [1.807, 2.05) is 11.0 Å². The second-order valence-corrected chi connectivity index (χ2v) is 3.37. The summed E-state index contributed by atoms with van der Waals surface area (Å²) in [5, 5.41) is 0. The molecule has 1 heterocycles. The summed E-state index contributed by atoms with van der Waals surface area (Å²) in [6, 6.07) is 6.89. The highest BCUT2D eigenvalue weighted by Crippen LogP contribution is 2.31. The second kappa shape index (κ2) is 4.47. The lowest BCUT2D eigenvalue weighted by Gasteiger charge is -2.20. The smallest absolute Gasteiger partial charge is 0.387 e. The molecular weight excluding hydrogens is 200 g/mol. The fourth-order valence-corrected chi connectivity index (χ4v) is 1.72. The lowest BCUT2D eigenvalue weighted by atomic mass is 10.2. The number of hydrogen-bond donors (Lipinski definition) is 0. The third kappa shape index (κ3) is 2.37. The van der Waals surface area contributed by atoms with Crippen LogP contribution in [0.25, 0.3) is 0 Å². The number of hydrogen-bond acceptors (Lipinski definition) is 2. The van der Waals surface area contributed by atoms with Gasteiger partial charge in [0.25, 0.3) is 0 Å². The predicted molar refractivity (Wildman–Crippen MR) is 54.2 cm³/mol. The summed E-state index contributed by atoms with van der Waals surface area (Å²) in [5.74, 6) is 0.253. The normalized spacial score (nSPS) is 16.1. The molecule has 1 aliphatic rings. The Bertz CT molecular complexity index is 324. The molecule has 15 heavy (non-hydrogen) atoms. The van der Waals surface area contributed by atoms with E-state index in [4.69, 9.17) is 0 Å². The summed E-state index contributed by atoms with van der Waals surface area (Å²) in [6.07, 6.45) is 3.11. The van der Waals surface area contributed by atoms with Crippen molar-refractivity contribution in [2.24, 2.45) is 0 Å². The highest BCUT2D eigenvalue weighted by Gasteiger charge is 2.17. The monoisotopic (exact) mass is 212 g/mol. The highest BCUT2D eigenvalue weighted by molar-refractivity contribution is 5.59. The zero-order chi connectivity index (χ0) is 10.7. The van der Waals surface area contributed by atoms with Crippen LogP contribution in [-0.4, -0.2) is 19.7 Å². The quantitative estimate of drug-likeness (QED) is 0.763. The van der Waals surface area contributed by atoms with Gasteiger partial charge in [-0.2, -0.15) is 8.78 Å². The zero-order valence-electron chi connectivity index (χ0n) is 8.20. The molecule has 4 heteroatoms. The van der Waals surface area contributed by atoms with Gasteiger partial charge < -0.3 is 9.64 Å². The Morgan fingerprint density at radius 2 is 2.07 bits per heavy atom. The number of ether oxygens (including phenoxy) is 1. The largest absolute Gasteiger partial charge is 0.433 e. The molecular formula is C11H12F2NO. The van der Waals surface area contributed by atoms with Crippen molar-refractivity contribution in [2.45, 2.75) is 13.0 Å². The van der Waals surface area contributed by atoms with E-state index in [9.17, 15) is 8.78 Å². The van der Waals surface area contributed by atoms with Crippen molar-refractivity contribution in [1.82, 2.24) is 0 Å². The molecule has 1 saturated heterocycles. The third-order valence-electron chi connectivity index (χ3n) is 2.37. The molecule has 0 amide bonds. The van der Waals surface area contributed by atoms with Crippen LogP contribution in [0.5, 0.6) is 5.75 Å². The standard InChI is InChI=1S/C11H12F2NO/c12-11(13)15-10-6-2-1-5-9(10)14-7-3-4-8-14/h1-3,5-6,11H,4,7-8H2. The number of alkyl halides is 2. The van der Waals surface area contributed by atoms with Gasteiger partial charge in [0, 0.05) is 13.1 Å². The number of rotatable bonds is 3. The zero-order valence-corrected chi connectivity index (χ0v) is 8.20.